The maximum atomic E-state index is 5.88. The van der Waals surface area contributed by atoms with Crippen molar-refractivity contribution in [1.82, 2.24) is 29.9 Å². The van der Waals surface area contributed by atoms with E-state index < -0.39 is 0 Å². The molecule has 7 heteroatoms. The van der Waals surface area contributed by atoms with Crippen LogP contribution >= 0.6 is 11.6 Å². The molecule has 0 radical (unpaired) electrons. The molecule has 0 spiro atoms. The van der Waals surface area contributed by atoms with Crippen molar-refractivity contribution in [3.05, 3.63) is 58.4 Å². The normalized spacial score (nSPS) is 11.2. The summed E-state index contributed by atoms with van der Waals surface area (Å²) < 4.78 is 1.69. The summed E-state index contributed by atoms with van der Waals surface area (Å²) in [6.45, 7) is 3.70. The van der Waals surface area contributed by atoms with E-state index in [9.17, 15) is 0 Å². The lowest BCUT2D eigenvalue weighted by Gasteiger charge is -2.03. The molecule has 110 valence electrons. The summed E-state index contributed by atoms with van der Waals surface area (Å²) >= 11 is 5.88. The van der Waals surface area contributed by atoms with Gasteiger partial charge in [0.2, 0.25) is 0 Å². The van der Waals surface area contributed by atoms with Gasteiger partial charge in [-0.05, 0) is 37.6 Å². The number of aryl methyl sites for hydroxylation is 2. The summed E-state index contributed by atoms with van der Waals surface area (Å²) in [4.78, 5) is 4.50. The van der Waals surface area contributed by atoms with Gasteiger partial charge in [0.05, 0.1) is 11.4 Å². The van der Waals surface area contributed by atoms with Gasteiger partial charge in [0.1, 0.15) is 12.2 Å². The second-order valence-electron chi connectivity index (χ2n) is 4.72. The van der Waals surface area contributed by atoms with Crippen LogP contribution in [-0.2, 0) is 0 Å². The minimum Gasteiger partial charge on any atom is -0.252 e. The largest absolute Gasteiger partial charge is 0.256 e. The Morgan fingerprint density at radius 2 is 1.77 bits per heavy atom. The zero-order valence-electron chi connectivity index (χ0n) is 12.1. The molecule has 1 aromatic carbocycles. The van der Waals surface area contributed by atoms with Crippen LogP contribution in [0.1, 0.15) is 22.8 Å². The van der Waals surface area contributed by atoms with E-state index in [4.69, 9.17) is 11.6 Å². The Kier molecular flexibility index (Phi) is 3.93. The van der Waals surface area contributed by atoms with E-state index in [1.165, 1.54) is 0 Å². The molecule has 0 aliphatic rings. The number of aromatic nitrogens is 6. The number of nitrogens with zero attached hydrogens (tertiary/aromatic N) is 6. The molecule has 22 heavy (non-hydrogen) atoms. The Morgan fingerprint density at radius 3 is 2.45 bits per heavy atom. The van der Waals surface area contributed by atoms with Gasteiger partial charge in [0, 0.05) is 5.02 Å². The molecular formula is C15H13ClN6. The third kappa shape index (κ3) is 3.01. The standard InChI is InChI=1S/C15H13ClN6/c1-10-14(8-5-12-3-6-13(16)7-4-12)18-15(21-19-10)22-9-17-20-11(22)2/h3-9H,1-2H3/b8-5+. The molecule has 0 aliphatic carbocycles. The first-order valence-electron chi connectivity index (χ1n) is 6.65. The molecule has 0 saturated heterocycles. The average molecular weight is 313 g/mol. The van der Waals surface area contributed by atoms with E-state index in [0.717, 1.165) is 17.0 Å². The SMILES string of the molecule is Cc1nnc(-n2cnnc2C)nc1/C=C/c1ccc(Cl)cc1. The second-order valence-corrected chi connectivity index (χ2v) is 5.15. The molecule has 3 rings (SSSR count). The molecule has 0 aliphatic heterocycles. The number of hydrogen-bond donors (Lipinski definition) is 0. The van der Waals surface area contributed by atoms with Crippen LogP contribution in [0.15, 0.2) is 30.6 Å². The minimum absolute atomic E-state index is 0.448. The maximum Gasteiger partial charge on any atom is 0.256 e. The summed E-state index contributed by atoms with van der Waals surface area (Å²) in [5.41, 5.74) is 2.53. The highest BCUT2D eigenvalue weighted by atomic mass is 35.5. The van der Waals surface area contributed by atoms with Crippen LogP contribution in [0.25, 0.3) is 18.1 Å². The van der Waals surface area contributed by atoms with Gasteiger partial charge in [0.25, 0.3) is 5.95 Å². The highest BCUT2D eigenvalue weighted by Gasteiger charge is 2.08. The van der Waals surface area contributed by atoms with Gasteiger partial charge in [0.15, 0.2) is 0 Å². The monoisotopic (exact) mass is 312 g/mol. The van der Waals surface area contributed by atoms with Crippen molar-refractivity contribution in [3.8, 4) is 5.95 Å². The molecule has 2 aromatic heterocycles. The van der Waals surface area contributed by atoms with E-state index >= 15 is 0 Å². The number of benzene rings is 1. The predicted molar refractivity (Wildman–Crippen MR) is 84.6 cm³/mol. The summed E-state index contributed by atoms with van der Waals surface area (Å²) in [7, 11) is 0. The fraction of sp³-hybridized carbons (Fsp3) is 0.133. The molecule has 2 heterocycles. The smallest absolute Gasteiger partial charge is 0.252 e. The van der Waals surface area contributed by atoms with Crippen LogP contribution < -0.4 is 0 Å². The van der Waals surface area contributed by atoms with Crippen LogP contribution in [0.2, 0.25) is 5.02 Å². The Hall–Kier alpha value is -2.60. The molecule has 0 fully saturated rings. The molecule has 3 aromatic rings. The van der Waals surface area contributed by atoms with Gasteiger partial charge in [-0.3, -0.25) is 4.57 Å². The molecule has 6 nitrogen and oxygen atoms in total. The molecule has 0 atom stereocenters. The quantitative estimate of drug-likeness (QED) is 0.743. The Balaban J connectivity index is 1.93. The summed E-state index contributed by atoms with van der Waals surface area (Å²) in [5, 5.41) is 16.7. The number of hydrogen-bond acceptors (Lipinski definition) is 5. The summed E-state index contributed by atoms with van der Waals surface area (Å²) in [5.74, 6) is 1.15. The average Bonchev–Trinajstić information content (AvgIpc) is 2.94. The van der Waals surface area contributed by atoms with Crippen LogP contribution in [0.3, 0.4) is 0 Å². The van der Waals surface area contributed by atoms with Gasteiger partial charge in [-0.15, -0.1) is 20.4 Å². The molecule has 0 saturated carbocycles. The first-order chi connectivity index (χ1) is 10.6. The number of rotatable bonds is 3. The van der Waals surface area contributed by atoms with Crippen LogP contribution in [0, 0.1) is 13.8 Å². The fourth-order valence-electron chi connectivity index (χ4n) is 1.88. The minimum atomic E-state index is 0.448. The van der Waals surface area contributed by atoms with Crippen molar-refractivity contribution in [2.45, 2.75) is 13.8 Å². The lowest BCUT2D eigenvalue weighted by Crippen LogP contribution is -2.06. The second kappa shape index (κ2) is 6.03. The Morgan fingerprint density at radius 1 is 1.00 bits per heavy atom. The highest BCUT2D eigenvalue weighted by Crippen LogP contribution is 2.13. The highest BCUT2D eigenvalue weighted by molar-refractivity contribution is 6.30. The van der Waals surface area contributed by atoms with Crippen LogP contribution in [0.5, 0.6) is 0 Å². The lowest BCUT2D eigenvalue weighted by atomic mass is 10.2. The van der Waals surface area contributed by atoms with Crippen molar-refractivity contribution < 1.29 is 0 Å². The van der Waals surface area contributed by atoms with Crippen molar-refractivity contribution in [1.29, 1.82) is 0 Å². The summed E-state index contributed by atoms with van der Waals surface area (Å²) in [6, 6.07) is 7.57. The van der Waals surface area contributed by atoms with E-state index in [1.807, 2.05) is 50.3 Å². The molecule has 0 bridgehead atoms. The van der Waals surface area contributed by atoms with Gasteiger partial charge in [-0.25, -0.2) is 4.98 Å². The fourth-order valence-corrected chi connectivity index (χ4v) is 2.01. The van der Waals surface area contributed by atoms with Crippen LogP contribution in [0.4, 0.5) is 0 Å². The molecule has 0 N–H and O–H groups in total. The zero-order chi connectivity index (χ0) is 15.5. The Labute approximate surface area is 132 Å². The van der Waals surface area contributed by atoms with Crippen LogP contribution in [-0.4, -0.2) is 29.9 Å². The number of halogens is 1. The van der Waals surface area contributed by atoms with Gasteiger partial charge in [-0.1, -0.05) is 29.8 Å². The molecule has 0 unspecified atom stereocenters. The molecule has 0 amide bonds. The third-order valence-corrected chi connectivity index (χ3v) is 3.37. The van der Waals surface area contributed by atoms with E-state index in [2.05, 4.69) is 25.4 Å². The predicted octanol–water partition coefficient (Wildman–Crippen LogP) is 2.89. The van der Waals surface area contributed by atoms with Crippen molar-refractivity contribution in [3.63, 3.8) is 0 Å². The Bertz CT molecular complexity index is 822. The third-order valence-electron chi connectivity index (χ3n) is 3.12. The van der Waals surface area contributed by atoms with Gasteiger partial charge in [-0.2, -0.15) is 0 Å². The first kappa shape index (κ1) is 14.3. The van der Waals surface area contributed by atoms with Crippen molar-refractivity contribution in [2.24, 2.45) is 0 Å². The van der Waals surface area contributed by atoms with Gasteiger partial charge >= 0.3 is 0 Å². The first-order valence-corrected chi connectivity index (χ1v) is 7.03. The van der Waals surface area contributed by atoms with Crippen molar-refractivity contribution >= 4 is 23.8 Å². The lowest BCUT2D eigenvalue weighted by molar-refractivity contribution is 0.808. The van der Waals surface area contributed by atoms with E-state index in [-0.39, 0.29) is 0 Å². The molecular weight excluding hydrogens is 300 g/mol. The van der Waals surface area contributed by atoms with Crippen molar-refractivity contribution in [2.75, 3.05) is 0 Å². The topological polar surface area (TPSA) is 69.4 Å². The van der Waals surface area contributed by atoms with Gasteiger partial charge < -0.3 is 0 Å². The zero-order valence-corrected chi connectivity index (χ0v) is 12.9. The van der Waals surface area contributed by atoms with E-state index in [0.29, 0.717) is 16.8 Å². The summed E-state index contributed by atoms with van der Waals surface area (Å²) in [6.07, 6.45) is 5.42. The van der Waals surface area contributed by atoms with E-state index in [1.54, 1.807) is 10.9 Å². The maximum absolute atomic E-state index is 5.88.